The minimum Gasteiger partial charge on any atom is -0.467 e. The molecule has 0 spiro atoms. The maximum Gasteiger partial charge on any atom is 0.237 e. The second-order valence-corrected chi connectivity index (χ2v) is 5.89. The standard InChI is InChI=1S/C18H22N2O2/c1-13(18(21)19-12-17-7-4-10-22-17)20-16-9-8-14-5-2-3-6-15(14)11-16/h2-7,10,13,16,20H,8-9,11-12H2,1H3,(H,19,21). The highest BCUT2D eigenvalue weighted by atomic mass is 16.3. The summed E-state index contributed by atoms with van der Waals surface area (Å²) in [6, 6.07) is 12.4. The van der Waals surface area contributed by atoms with Crippen LogP contribution in [0.2, 0.25) is 0 Å². The molecule has 3 rings (SSSR count). The monoisotopic (exact) mass is 298 g/mol. The van der Waals surface area contributed by atoms with Gasteiger partial charge in [-0.25, -0.2) is 0 Å². The van der Waals surface area contributed by atoms with Crippen LogP contribution in [0, 0.1) is 0 Å². The van der Waals surface area contributed by atoms with E-state index in [9.17, 15) is 4.79 Å². The lowest BCUT2D eigenvalue weighted by molar-refractivity contribution is -0.123. The van der Waals surface area contributed by atoms with Crippen molar-refractivity contribution in [2.45, 2.75) is 44.8 Å². The lowest BCUT2D eigenvalue weighted by Gasteiger charge is -2.28. The largest absolute Gasteiger partial charge is 0.467 e. The van der Waals surface area contributed by atoms with Crippen molar-refractivity contribution in [3.63, 3.8) is 0 Å². The molecule has 2 N–H and O–H groups in total. The molecule has 4 nitrogen and oxygen atoms in total. The van der Waals surface area contributed by atoms with Crippen LogP contribution in [0.1, 0.15) is 30.2 Å². The lowest BCUT2D eigenvalue weighted by atomic mass is 9.88. The van der Waals surface area contributed by atoms with E-state index in [1.54, 1.807) is 6.26 Å². The van der Waals surface area contributed by atoms with Crippen LogP contribution < -0.4 is 10.6 Å². The summed E-state index contributed by atoms with van der Waals surface area (Å²) >= 11 is 0. The predicted molar refractivity (Wildman–Crippen MR) is 85.4 cm³/mol. The Labute approximate surface area is 130 Å². The molecular weight excluding hydrogens is 276 g/mol. The average molecular weight is 298 g/mol. The highest BCUT2D eigenvalue weighted by Crippen LogP contribution is 2.21. The summed E-state index contributed by atoms with van der Waals surface area (Å²) in [4.78, 5) is 12.1. The smallest absolute Gasteiger partial charge is 0.237 e. The Bertz CT molecular complexity index is 622. The van der Waals surface area contributed by atoms with E-state index < -0.39 is 0 Å². The lowest BCUT2D eigenvalue weighted by Crippen LogP contribution is -2.48. The predicted octanol–water partition coefficient (Wildman–Crippen LogP) is 2.43. The van der Waals surface area contributed by atoms with E-state index >= 15 is 0 Å². The van der Waals surface area contributed by atoms with Crippen molar-refractivity contribution in [2.75, 3.05) is 0 Å². The van der Waals surface area contributed by atoms with Gasteiger partial charge >= 0.3 is 0 Å². The number of rotatable bonds is 5. The fourth-order valence-corrected chi connectivity index (χ4v) is 3.01. The normalized spacial score (nSPS) is 18.5. The van der Waals surface area contributed by atoms with Crippen molar-refractivity contribution in [3.8, 4) is 0 Å². The third kappa shape index (κ3) is 3.57. The first-order valence-corrected chi connectivity index (χ1v) is 7.85. The highest BCUT2D eigenvalue weighted by Gasteiger charge is 2.22. The number of hydrogen-bond donors (Lipinski definition) is 2. The number of fused-ring (bicyclic) bond motifs is 1. The molecule has 1 heterocycles. The van der Waals surface area contributed by atoms with Crippen LogP contribution in [-0.4, -0.2) is 18.0 Å². The first-order valence-electron chi connectivity index (χ1n) is 7.85. The molecule has 1 aromatic heterocycles. The summed E-state index contributed by atoms with van der Waals surface area (Å²) in [6.07, 6.45) is 4.76. The number of aryl methyl sites for hydroxylation is 1. The molecular formula is C18H22N2O2. The molecule has 0 saturated heterocycles. The summed E-state index contributed by atoms with van der Waals surface area (Å²) in [7, 11) is 0. The number of benzene rings is 1. The Hall–Kier alpha value is -2.07. The third-order valence-electron chi connectivity index (χ3n) is 4.24. The second-order valence-electron chi connectivity index (χ2n) is 5.89. The number of hydrogen-bond acceptors (Lipinski definition) is 3. The van der Waals surface area contributed by atoms with Gasteiger partial charge in [-0.3, -0.25) is 4.79 Å². The maximum atomic E-state index is 12.1. The SMILES string of the molecule is CC(NC1CCc2ccccc2C1)C(=O)NCc1ccco1. The van der Waals surface area contributed by atoms with Crippen molar-refractivity contribution in [1.29, 1.82) is 0 Å². The molecule has 116 valence electrons. The molecule has 2 aromatic rings. The maximum absolute atomic E-state index is 12.1. The Balaban J connectivity index is 1.49. The summed E-state index contributed by atoms with van der Waals surface area (Å²) in [5.41, 5.74) is 2.84. The minimum absolute atomic E-state index is 0.00950. The van der Waals surface area contributed by atoms with Gasteiger partial charge in [0.1, 0.15) is 5.76 Å². The van der Waals surface area contributed by atoms with Crippen LogP contribution >= 0.6 is 0 Å². The Morgan fingerprint density at radius 2 is 2.09 bits per heavy atom. The molecule has 0 saturated carbocycles. The molecule has 0 bridgehead atoms. The molecule has 1 aliphatic carbocycles. The van der Waals surface area contributed by atoms with Crippen LogP contribution in [0.15, 0.2) is 47.1 Å². The molecule has 1 amide bonds. The van der Waals surface area contributed by atoms with E-state index in [2.05, 4.69) is 34.9 Å². The Morgan fingerprint density at radius 3 is 2.86 bits per heavy atom. The van der Waals surface area contributed by atoms with Crippen molar-refractivity contribution >= 4 is 5.91 Å². The van der Waals surface area contributed by atoms with E-state index in [0.29, 0.717) is 12.6 Å². The minimum atomic E-state index is -0.203. The van der Waals surface area contributed by atoms with E-state index in [1.165, 1.54) is 11.1 Å². The molecule has 2 unspecified atom stereocenters. The van der Waals surface area contributed by atoms with E-state index in [-0.39, 0.29) is 11.9 Å². The summed E-state index contributed by atoms with van der Waals surface area (Å²) in [5, 5.41) is 6.35. The third-order valence-corrected chi connectivity index (χ3v) is 4.24. The van der Waals surface area contributed by atoms with Crippen LogP contribution in [0.3, 0.4) is 0 Å². The fourth-order valence-electron chi connectivity index (χ4n) is 3.01. The van der Waals surface area contributed by atoms with Gasteiger partial charge < -0.3 is 15.1 Å². The quantitative estimate of drug-likeness (QED) is 0.891. The van der Waals surface area contributed by atoms with Crippen molar-refractivity contribution in [3.05, 3.63) is 59.5 Å². The molecule has 1 aliphatic rings. The van der Waals surface area contributed by atoms with E-state index in [4.69, 9.17) is 4.42 Å². The zero-order valence-corrected chi connectivity index (χ0v) is 12.8. The van der Waals surface area contributed by atoms with Gasteiger partial charge in [-0.05, 0) is 49.4 Å². The van der Waals surface area contributed by atoms with Gasteiger partial charge in [0, 0.05) is 6.04 Å². The van der Waals surface area contributed by atoms with Gasteiger partial charge in [0.2, 0.25) is 5.91 Å². The van der Waals surface area contributed by atoms with E-state index in [1.807, 2.05) is 19.1 Å². The van der Waals surface area contributed by atoms with Crippen molar-refractivity contribution in [1.82, 2.24) is 10.6 Å². The van der Waals surface area contributed by atoms with Gasteiger partial charge in [-0.1, -0.05) is 24.3 Å². The van der Waals surface area contributed by atoms with Crippen LogP contribution in [-0.2, 0) is 24.2 Å². The van der Waals surface area contributed by atoms with E-state index in [0.717, 1.165) is 25.0 Å². The first kappa shape index (κ1) is 14.9. The Kier molecular flexibility index (Phi) is 4.59. The van der Waals surface area contributed by atoms with Crippen molar-refractivity contribution < 1.29 is 9.21 Å². The van der Waals surface area contributed by atoms with Gasteiger partial charge in [0.15, 0.2) is 0 Å². The average Bonchev–Trinajstić information content (AvgIpc) is 3.06. The molecule has 4 heteroatoms. The Morgan fingerprint density at radius 1 is 1.27 bits per heavy atom. The molecule has 0 aliphatic heterocycles. The van der Waals surface area contributed by atoms with Crippen molar-refractivity contribution in [2.24, 2.45) is 0 Å². The zero-order chi connectivity index (χ0) is 15.4. The summed E-state index contributed by atoms with van der Waals surface area (Å²) in [5.74, 6) is 0.780. The number of carbonyl (C=O) groups is 1. The summed E-state index contributed by atoms with van der Waals surface area (Å²) in [6.45, 7) is 2.35. The number of carbonyl (C=O) groups excluding carboxylic acids is 1. The van der Waals surface area contributed by atoms with Crippen LogP contribution in [0.4, 0.5) is 0 Å². The highest BCUT2D eigenvalue weighted by molar-refractivity contribution is 5.81. The number of amides is 1. The van der Waals surface area contributed by atoms with Crippen LogP contribution in [0.25, 0.3) is 0 Å². The van der Waals surface area contributed by atoms with Gasteiger partial charge in [0.05, 0.1) is 18.8 Å². The molecule has 0 fully saturated rings. The zero-order valence-electron chi connectivity index (χ0n) is 12.8. The van der Waals surface area contributed by atoms with Gasteiger partial charge in [-0.2, -0.15) is 0 Å². The molecule has 0 radical (unpaired) electrons. The molecule has 2 atom stereocenters. The van der Waals surface area contributed by atoms with Gasteiger partial charge in [-0.15, -0.1) is 0 Å². The van der Waals surface area contributed by atoms with Crippen LogP contribution in [0.5, 0.6) is 0 Å². The second kappa shape index (κ2) is 6.79. The molecule has 22 heavy (non-hydrogen) atoms. The summed E-state index contributed by atoms with van der Waals surface area (Å²) < 4.78 is 5.22. The molecule has 1 aromatic carbocycles. The topological polar surface area (TPSA) is 54.3 Å². The van der Waals surface area contributed by atoms with Gasteiger partial charge in [0.25, 0.3) is 0 Å². The number of nitrogens with one attached hydrogen (secondary N) is 2. The fraction of sp³-hybridized carbons (Fsp3) is 0.389. The first-order chi connectivity index (χ1) is 10.7. The number of furan rings is 1.